The maximum absolute atomic E-state index is 12.8. The molecule has 21 heavy (non-hydrogen) atoms. The number of carbonyl (C=O) groups is 1. The third-order valence-corrected chi connectivity index (χ3v) is 5.67. The third-order valence-electron chi connectivity index (χ3n) is 4.62. The number of nitrogens with zero attached hydrogens (tertiary/aromatic N) is 2. The number of likely N-dealkylation sites (N-methyl/N-ethyl adjacent to an activating group) is 1. The molecule has 2 aliphatic rings. The number of aryl methyl sites for hydroxylation is 1. The monoisotopic (exact) mass is 307 g/mol. The number of rotatable bonds is 3. The summed E-state index contributed by atoms with van der Waals surface area (Å²) in [5, 5.41) is 3.55. The SMILES string of the molecule is CCC1NC(c2ccc(C)s2)N(C2CCCN(C)C2)C1=O. The highest BCUT2D eigenvalue weighted by Gasteiger charge is 2.43. The molecule has 3 atom stereocenters. The fourth-order valence-corrected chi connectivity index (χ4v) is 4.46. The quantitative estimate of drug-likeness (QED) is 0.931. The number of likely N-dealkylation sites (tertiary alicyclic amines) is 1. The van der Waals surface area contributed by atoms with Crippen LogP contribution < -0.4 is 5.32 Å². The number of carbonyl (C=O) groups excluding carboxylic acids is 1. The Kier molecular flexibility index (Phi) is 4.33. The Hall–Kier alpha value is -0.910. The fourth-order valence-electron chi connectivity index (χ4n) is 3.52. The van der Waals surface area contributed by atoms with Crippen LogP contribution in [0.3, 0.4) is 0 Å². The lowest BCUT2D eigenvalue weighted by atomic mass is 10.0. The summed E-state index contributed by atoms with van der Waals surface area (Å²) in [5.41, 5.74) is 0. The molecule has 0 aromatic carbocycles. The fraction of sp³-hybridized carbons (Fsp3) is 0.688. The summed E-state index contributed by atoms with van der Waals surface area (Å²) in [7, 11) is 2.15. The van der Waals surface area contributed by atoms with E-state index in [1.54, 1.807) is 11.3 Å². The molecule has 4 nitrogen and oxygen atoms in total. The molecule has 0 spiro atoms. The molecule has 2 aliphatic heterocycles. The molecule has 3 rings (SSSR count). The molecule has 0 bridgehead atoms. The van der Waals surface area contributed by atoms with Crippen LogP contribution in [0.25, 0.3) is 0 Å². The van der Waals surface area contributed by atoms with E-state index in [1.807, 2.05) is 0 Å². The van der Waals surface area contributed by atoms with Crippen molar-refractivity contribution in [2.45, 2.75) is 51.4 Å². The van der Waals surface area contributed by atoms with E-state index in [0.717, 1.165) is 25.9 Å². The minimum absolute atomic E-state index is 0.0235. The van der Waals surface area contributed by atoms with Gasteiger partial charge >= 0.3 is 0 Å². The first-order valence-electron chi connectivity index (χ1n) is 7.93. The van der Waals surface area contributed by atoms with Crippen molar-refractivity contribution < 1.29 is 4.79 Å². The van der Waals surface area contributed by atoms with E-state index in [1.165, 1.54) is 16.2 Å². The van der Waals surface area contributed by atoms with Crippen LogP contribution in [-0.4, -0.2) is 47.9 Å². The summed E-state index contributed by atoms with van der Waals surface area (Å²) in [6.45, 7) is 6.35. The Morgan fingerprint density at radius 2 is 2.24 bits per heavy atom. The molecule has 1 N–H and O–H groups in total. The van der Waals surface area contributed by atoms with E-state index in [2.05, 4.69) is 48.1 Å². The Bertz CT molecular complexity index is 515. The number of thiophene rings is 1. The topological polar surface area (TPSA) is 35.6 Å². The van der Waals surface area contributed by atoms with Crippen LogP contribution in [0, 0.1) is 6.92 Å². The van der Waals surface area contributed by atoms with Crippen molar-refractivity contribution in [1.82, 2.24) is 15.1 Å². The molecule has 3 unspecified atom stereocenters. The molecule has 0 aliphatic carbocycles. The first kappa shape index (κ1) is 15.0. The van der Waals surface area contributed by atoms with Gasteiger partial charge in [-0.2, -0.15) is 0 Å². The van der Waals surface area contributed by atoms with Gasteiger partial charge < -0.3 is 9.80 Å². The highest BCUT2D eigenvalue weighted by atomic mass is 32.1. The normalized spacial score (nSPS) is 31.1. The van der Waals surface area contributed by atoms with Gasteiger partial charge in [-0.15, -0.1) is 11.3 Å². The lowest BCUT2D eigenvalue weighted by Crippen LogP contribution is -2.48. The first-order valence-corrected chi connectivity index (χ1v) is 8.75. The number of hydrogen-bond acceptors (Lipinski definition) is 4. The van der Waals surface area contributed by atoms with Crippen LogP contribution in [0.4, 0.5) is 0 Å². The predicted molar refractivity (Wildman–Crippen MR) is 86.4 cm³/mol. The van der Waals surface area contributed by atoms with E-state index < -0.39 is 0 Å². The van der Waals surface area contributed by atoms with Crippen molar-refractivity contribution in [3.8, 4) is 0 Å². The number of hydrogen-bond donors (Lipinski definition) is 1. The van der Waals surface area contributed by atoms with Crippen LogP contribution in [0.2, 0.25) is 0 Å². The molecule has 3 heterocycles. The molecular weight excluding hydrogens is 282 g/mol. The summed E-state index contributed by atoms with van der Waals surface area (Å²) < 4.78 is 0. The largest absolute Gasteiger partial charge is 0.316 e. The molecule has 1 aromatic heterocycles. The number of piperidine rings is 1. The zero-order valence-corrected chi connectivity index (χ0v) is 13.9. The average Bonchev–Trinajstić information content (AvgIpc) is 3.02. The van der Waals surface area contributed by atoms with E-state index in [4.69, 9.17) is 0 Å². The minimum Gasteiger partial charge on any atom is -0.316 e. The van der Waals surface area contributed by atoms with E-state index in [-0.39, 0.29) is 18.1 Å². The molecule has 116 valence electrons. The van der Waals surface area contributed by atoms with Crippen molar-refractivity contribution in [3.63, 3.8) is 0 Å². The first-order chi connectivity index (χ1) is 10.1. The average molecular weight is 307 g/mol. The van der Waals surface area contributed by atoms with Crippen LogP contribution in [0.1, 0.15) is 42.1 Å². The van der Waals surface area contributed by atoms with Gasteiger partial charge in [-0.25, -0.2) is 0 Å². The molecule has 1 aromatic rings. The van der Waals surface area contributed by atoms with E-state index in [9.17, 15) is 4.79 Å². The van der Waals surface area contributed by atoms with Gasteiger partial charge in [-0.05, 0) is 51.9 Å². The Labute approximate surface area is 131 Å². The van der Waals surface area contributed by atoms with Crippen LogP contribution in [0.5, 0.6) is 0 Å². The second-order valence-electron chi connectivity index (χ2n) is 6.28. The standard InChI is InChI=1S/C16H25N3OS/c1-4-13-16(20)19(12-6-5-9-18(3)10-12)15(17-13)14-8-7-11(2)21-14/h7-8,12-13,15,17H,4-6,9-10H2,1-3H3. The van der Waals surface area contributed by atoms with Crippen LogP contribution >= 0.6 is 11.3 Å². The second kappa shape index (κ2) is 6.07. The van der Waals surface area contributed by atoms with Gasteiger partial charge in [0.05, 0.1) is 6.04 Å². The van der Waals surface area contributed by atoms with Crippen LogP contribution in [0.15, 0.2) is 12.1 Å². The van der Waals surface area contributed by atoms with Crippen molar-refractivity contribution >= 4 is 17.2 Å². The Morgan fingerprint density at radius 1 is 1.43 bits per heavy atom. The lowest BCUT2D eigenvalue weighted by molar-refractivity contribution is -0.133. The van der Waals surface area contributed by atoms with Gasteiger partial charge in [0.15, 0.2) is 0 Å². The van der Waals surface area contributed by atoms with Crippen molar-refractivity contribution in [1.29, 1.82) is 0 Å². The summed E-state index contributed by atoms with van der Waals surface area (Å²) in [5.74, 6) is 0.286. The molecule has 5 heteroatoms. The zero-order valence-electron chi connectivity index (χ0n) is 13.1. The zero-order chi connectivity index (χ0) is 15.0. The second-order valence-corrected chi connectivity index (χ2v) is 7.60. The molecule has 1 amide bonds. The van der Waals surface area contributed by atoms with Gasteiger partial charge in [0.2, 0.25) is 5.91 Å². The van der Waals surface area contributed by atoms with Gasteiger partial charge in [-0.1, -0.05) is 6.92 Å². The van der Waals surface area contributed by atoms with Gasteiger partial charge in [-0.3, -0.25) is 10.1 Å². The van der Waals surface area contributed by atoms with E-state index in [0.29, 0.717) is 6.04 Å². The van der Waals surface area contributed by atoms with Gasteiger partial charge in [0.1, 0.15) is 6.17 Å². The maximum atomic E-state index is 12.8. The molecule has 2 fully saturated rings. The summed E-state index contributed by atoms with van der Waals surface area (Å²) in [6, 6.07) is 4.64. The third kappa shape index (κ3) is 2.87. The van der Waals surface area contributed by atoms with Crippen LogP contribution in [-0.2, 0) is 4.79 Å². The lowest BCUT2D eigenvalue weighted by Gasteiger charge is -2.38. The highest BCUT2D eigenvalue weighted by Crippen LogP contribution is 2.34. The Balaban J connectivity index is 1.87. The Morgan fingerprint density at radius 3 is 2.86 bits per heavy atom. The van der Waals surface area contributed by atoms with Gasteiger partial charge in [0, 0.05) is 22.3 Å². The highest BCUT2D eigenvalue weighted by molar-refractivity contribution is 7.12. The van der Waals surface area contributed by atoms with Crippen molar-refractivity contribution in [2.24, 2.45) is 0 Å². The summed E-state index contributed by atoms with van der Waals surface area (Å²) in [6.07, 6.45) is 3.23. The van der Waals surface area contributed by atoms with Gasteiger partial charge in [0.25, 0.3) is 0 Å². The summed E-state index contributed by atoms with van der Waals surface area (Å²) in [4.78, 5) is 19.8. The number of nitrogens with one attached hydrogen (secondary N) is 1. The van der Waals surface area contributed by atoms with Crippen molar-refractivity contribution in [3.05, 3.63) is 21.9 Å². The van der Waals surface area contributed by atoms with E-state index >= 15 is 0 Å². The number of amides is 1. The minimum atomic E-state index is -0.0235. The molecular formula is C16H25N3OS. The molecule has 0 saturated carbocycles. The van der Waals surface area contributed by atoms with Crippen molar-refractivity contribution in [2.75, 3.05) is 20.1 Å². The smallest absolute Gasteiger partial charge is 0.241 e. The molecule has 0 radical (unpaired) electrons. The predicted octanol–water partition coefficient (Wildman–Crippen LogP) is 2.36. The maximum Gasteiger partial charge on any atom is 0.241 e. The molecule has 2 saturated heterocycles. The summed E-state index contributed by atoms with van der Waals surface area (Å²) >= 11 is 1.80.